The summed E-state index contributed by atoms with van der Waals surface area (Å²) in [6, 6.07) is 4.43. The molecule has 0 unspecified atom stereocenters. The minimum absolute atomic E-state index is 0.138. The van der Waals surface area contributed by atoms with E-state index in [1.54, 1.807) is 6.07 Å². The molecular weight excluding hydrogens is 197 g/mol. The van der Waals surface area contributed by atoms with Crippen molar-refractivity contribution < 1.29 is 9.13 Å². The van der Waals surface area contributed by atoms with Gasteiger partial charge in [0.05, 0.1) is 5.69 Å². The van der Waals surface area contributed by atoms with Gasteiger partial charge in [-0.15, -0.1) is 0 Å². The molecule has 0 aliphatic carbocycles. The van der Waals surface area contributed by atoms with Crippen molar-refractivity contribution in [2.45, 2.75) is 6.54 Å². The maximum atomic E-state index is 13.1. The lowest BCUT2D eigenvalue weighted by Gasteiger charge is -2.02. The molecule has 4 N–H and O–H groups in total. The van der Waals surface area contributed by atoms with E-state index >= 15 is 0 Å². The van der Waals surface area contributed by atoms with Crippen molar-refractivity contribution in [3.8, 4) is 0 Å². The predicted octanol–water partition coefficient (Wildman–Crippen LogP) is 0.920. The van der Waals surface area contributed by atoms with E-state index in [2.05, 4.69) is 4.99 Å². The zero-order chi connectivity index (χ0) is 11.3. The topological polar surface area (TPSA) is 73.6 Å². The minimum Gasteiger partial charge on any atom is -0.385 e. The Hall–Kier alpha value is -1.46. The highest BCUT2D eigenvalue weighted by atomic mass is 19.1. The van der Waals surface area contributed by atoms with E-state index in [0.29, 0.717) is 17.1 Å². The van der Waals surface area contributed by atoms with Crippen LogP contribution in [0.25, 0.3) is 0 Å². The maximum Gasteiger partial charge on any atom is 0.127 e. The highest BCUT2D eigenvalue weighted by Gasteiger charge is 2.01. The number of hydrogen-bond donors (Lipinski definition) is 2. The second-order valence-corrected chi connectivity index (χ2v) is 3.02. The van der Waals surface area contributed by atoms with E-state index in [0.717, 1.165) is 0 Å². The number of halogens is 1. The molecule has 5 heteroatoms. The standard InChI is InChI=1S/C10H14FN3O/c1-15-6-10(13)14-8-2-3-9(11)7(4-8)5-12/h2-4H,5-6,12H2,1H3,(H2,13,14). The summed E-state index contributed by atoms with van der Waals surface area (Å²) in [7, 11) is 1.53. The molecule has 0 spiro atoms. The van der Waals surface area contributed by atoms with Crippen molar-refractivity contribution in [3.63, 3.8) is 0 Å². The van der Waals surface area contributed by atoms with Crippen molar-refractivity contribution >= 4 is 11.5 Å². The Morgan fingerprint density at radius 1 is 1.53 bits per heavy atom. The average Bonchev–Trinajstić information content (AvgIpc) is 2.21. The molecule has 0 saturated carbocycles. The normalized spacial score (nSPS) is 11.8. The van der Waals surface area contributed by atoms with Crippen LogP contribution in [0, 0.1) is 5.82 Å². The highest BCUT2D eigenvalue weighted by Crippen LogP contribution is 2.16. The number of methoxy groups -OCH3 is 1. The number of ether oxygens (including phenoxy) is 1. The number of rotatable bonds is 4. The third-order valence-corrected chi connectivity index (χ3v) is 1.81. The van der Waals surface area contributed by atoms with Crippen molar-refractivity contribution in [1.82, 2.24) is 0 Å². The van der Waals surface area contributed by atoms with Crippen LogP contribution >= 0.6 is 0 Å². The van der Waals surface area contributed by atoms with Gasteiger partial charge in [-0.3, -0.25) is 0 Å². The first-order chi connectivity index (χ1) is 7.17. The fraction of sp³-hybridized carbons (Fsp3) is 0.300. The molecule has 0 saturated heterocycles. The molecule has 0 amide bonds. The van der Waals surface area contributed by atoms with Crippen LogP contribution in [-0.2, 0) is 11.3 Å². The third kappa shape index (κ3) is 3.30. The number of hydrogen-bond acceptors (Lipinski definition) is 3. The Kier molecular flexibility index (Phi) is 4.20. The fourth-order valence-electron chi connectivity index (χ4n) is 1.13. The van der Waals surface area contributed by atoms with Crippen LogP contribution in [-0.4, -0.2) is 19.6 Å². The Morgan fingerprint density at radius 3 is 2.87 bits per heavy atom. The van der Waals surface area contributed by atoms with E-state index < -0.39 is 0 Å². The number of aliphatic imine (C=N–C) groups is 1. The Balaban J connectivity index is 2.91. The van der Waals surface area contributed by atoms with Gasteiger partial charge in [0.1, 0.15) is 18.3 Å². The summed E-state index contributed by atoms with van der Waals surface area (Å²) < 4.78 is 17.9. The highest BCUT2D eigenvalue weighted by molar-refractivity contribution is 5.84. The van der Waals surface area contributed by atoms with Crippen LogP contribution in [0.15, 0.2) is 23.2 Å². The van der Waals surface area contributed by atoms with Gasteiger partial charge in [0.15, 0.2) is 0 Å². The van der Waals surface area contributed by atoms with E-state index in [4.69, 9.17) is 16.2 Å². The summed E-state index contributed by atoms with van der Waals surface area (Å²) in [5.74, 6) is 0.00819. The number of nitrogens with zero attached hydrogens (tertiary/aromatic N) is 1. The molecular formula is C10H14FN3O. The van der Waals surface area contributed by atoms with Crippen LogP contribution < -0.4 is 11.5 Å². The van der Waals surface area contributed by atoms with Crippen molar-refractivity contribution in [2.75, 3.05) is 13.7 Å². The van der Waals surface area contributed by atoms with Gasteiger partial charge < -0.3 is 16.2 Å². The lowest BCUT2D eigenvalue weighted by atomic mass is 10.2. The minimum atomic E-state index is -0.332. The fourth-order valence-corrected chi connectivity index (χ4v) is 1.13. The van der Waals surface area contributed by atoms with E-state index in [-0.39, 0.29) is 19.0 Å². The van der Waals surface area contributed by atoms with Crippen molar-refractivity contribution in [2.24, 2.45) is 16.5 Å². The van der Waals surface area contributed by atoms with Crippen LogP contribution in [0.1, 0.15) is 5.56 Å². The van der Waals surface area contributed by atoms with Gasteiger partial charge in [-0.2, -0.15) is 0 Å². The van der Waals surface area contributed by atoms with Gasteiger partial charge in [0.2, 0.25) is 0 Å². The summed E-state index contributed by atoms with van der Waals surface area (Å²) in [5.41, 5.74) is 11.9. The molecule has 0 aliphatic heterocycles. The molecule has 0 bridgehead atoms. The average molecular weight is 211 g/mol. The van der Waals surface area contributed by atoms with Gasteiger partial charge in [-0.05, 0) is 18.2 Å². The predicted molar refractivity (Wildman–Crippen MR) is 57.4 cm³/mol. The second kappa shape index (κ2) is 5.43. The van der Waals surface area contributed by atoms with Crippen molar-refractivity contribution in [3.05, 3.63) is 29.6 Å². The molecule has 0 aliphatic rings. The van der Waals surface area contributed by atoms with E-state index in [1.807, 2.05) is 0 Å². The lowest BCUT2D eigenvalue weighted by molar-refractivity contribution is 0.244. The molecule has 1 aromatic rings. The third-order valence-electron chi connectivity index (χ3n) is 1.81. The molecule has 15 heavy (non-hydrogen) atoms. The SMILES string of the molecule is COCC(N)=Nc1ccc(F)c(CN)c1. The molecule has 0 radical (unpaired) electrons. The van der Waals surface area contributed by atoms with Gasteiger partial charge in [0, 0.05) is 19.2 Å². The first-order valence-corrected chi connectivity index (χ1v) is 4.48. The second-order valence-electron chi connectivity index (χ2n) is 3.02. The zero-order valence-corrected chi connectivity index (χ0v) is 8.53. The number of benzene rings is 1. The summed E-state index contributed by atoms with van der Waals surface area (Å²) >= 11 is 0. The molecule has 4 nitrogen and oxygen atoms in total. The summed E-state index contributed by atoms with van der Waals surface area (Å²) in [6.45, 7) is 0.384. The largest absolute Gasteiger partial charge is 0.385 e. The van der Waals surface area contributed by atoms with E-state index in [9.17, 15) is 4.39 Å². The molecule has 1 rings (SSSR count). The first kappa shape index (κ1) is 11.6. The maximum absolute atomic E-state index is 13.1. The van der Waals surface area contributed by atoms with Crippen LogP contribution in [0.4, 0.5) is 10.1 Å². The summed E-state index contributed by atoms with van der Waals surface area (Å²) in [4.78, 5) is 4.05. The van der Waals surface area contributed by atoms with Crippen LogP contribution in [0.2, 0.25) is 0 Å². The summed E-state index contributed by atoms with van der Waals surface area (Å²) in [5, 5.41) is 0. The smallest absolute Gasteiger partial charge is 0.127 e. The first-order valence-electron chi connectivity index (χ1n) is 4.48. The van der Waals surface area contributed by atoms with Crippen LogP contribution in [0.5, 0.6) is 0 Å². The summed E-state index contributed by atoms with van der Waals surface area (Å²) in [6.07, 6.45) is 0. The zero-order valence-electron chi connectivity index (χ0n) is 8.53. The van der Waals surface area contributed by atoms with Gasteiger partial charge in [0.25, 0.3) is 0 Å². The van der Waals surface area contributed by atoms with E-state index in [1.165, 1.54) is 19.2 Å². The lowest BCUT2D eigenvalue weighted by Crippen LogP contribution is -2.17. The Labute approximate surface area is 87.7 Å². The molecule has 0 fully saturated rings. The van der Waals surface area contributed by atoms with Crippen LogP contribution in [0.3, 0.4) is 0 Å². The number of nitrogens with two attached hydrogens (primary N) is 2. The Bertz CT molecular complexity index is 366. The molecule has 1 aromatic carbocycles. The molecule has 0 aromatic heterocycles. The van der Waals surface area contributed by atoms with Crippen molar-refractivity contribution in [1.29, 1.82) is 0 Å². The molecule has 0 atom stereocenters. The van der Waals surface area contributed by atoms with Gasteiger partial charge in [-0.1, -0.05) is 0 Å². The monoisotopic (exact) mass is 211 g/mol. The molecule has 0 heterocycles. The number of amidine groups is 1. The van der Waals surface area contributed by atoms with Gasteiger partial charge >= 0.3 is 0 Å². The Morgan fingerprint density at radius 2 is 2.27 bits per heavy atom. The van der Waals surface area contributed by atoms with Gasteiger partial charge in [-0.25, -0.2) is 9.38 Å². The quantitative estimate of drug-likeness (QED) is 0.574. The molecule has 82 valence electrons.